The van der Waals surface area contributed by atoms with Gasteiger partial charge in [0.2, 0.25) is 0 Å². The van der Waals surface area contributed by atoms with Crippen molar-refractivity contribution in [3.05, 3.63) is 60.2 Å². The number of aryl methyl sites for hydroxylation is 1. The fourth-order valence-electron chi connectivity index (χ4n) is 3.33. The van der Waals surface area contributed by atoms with Crippen LogP contribution in [0.3, 0.4) is 0 Å². The molecule has 1 heterocycles. The zero-order valence-corrected chi connectivity index (χ0v) is 11.6. The van der Waals surface area contributed by atoms with Gasteiger partial charge in [0.25, 0.3) is 0 Å². The molecule has 4 aromatic rings. The van der Waals surface area contributed by atoms with E-state index in [1.807, 2.05) is 12.1 Å². The Morgan fingerprint density at radius 3 is 2.14 bits per heavy atom. The van der Waals surface area contributed by atoms with Crippen LogP contribution in [0.25, 0.3) is 44.3 Å². The molecule has 1 aliphatic carbocycles. The first-order valence-electron chi connectivity index (χ1n) is 7.13. The van der Waals surface area contributed by atoms with Crippen LogP contribution >= 0.6 is 0 Å². The quantitative estimate of drug-likeness (QED) is 0.405. The van der Waals surface area contributed by atoms with Gasteiger partial charge in [0, 0.05) is 16.5 Å². The molecule has 0 spiro atoms. The van der Waals surface area contributed by atoms with Crippen molar-refractivity contribution in [1.29, 1.82) is 0 Å². The fraction of sp³-hybridized carbons (Fsp3) is 0.0526. The Kier molecular flexibility index (Phi) is 1.92. The van der Waals surface area contributed by atoms with Gasteiger partial charge in [-0.15, -0.1) is 0 Å². The van der Waals surface area contributed by atoms with Gasteiger partial charge in [0.1, 0.15) is 0 Å². The Balaban J connectivity index is 2.01. The number of rotatable bonds is 0. The van der Waals surface area contributed by atoms with Crippen molar-refractivity contribution in [2.45, 2.75) is 6.92 Å². The summed E-state index contributed by atoms with van der Waals surface area (Å²) in [4.78, 5) is 9.83. The minimum atomic E-state index is 0.971. The molecule has 0 N–H and O–H groups in total. The summed E-state index contributed by atoms with van der Waals surface area (Å²) in [6.07, 6.45) is 0. The van der Waals surface area contributed by atoms with Gasteiger partial charge >= 0.3 is 0 Å². The van der Waals surface area contributed by atoms with Crippen molar-refractivity contribution >= 4 is 21.8 Å². The Morgan fingerprint density at radius 2 is 1.38 bits per heavy atom. The second kappa shape index (κ2) is 3.67. The highest BCUT2D eigenvalue weighted by Gasteiger charge is 2.24. The van der Waals surface area contributed by atoms with E-state index in [1.54, 1.807) is 0 Å². The molecule has 0 saturated carbocycles. The number of hydrogen-bond acceptors (Lipinski definition) is 2. The van der Waals surface area contributed by atoms with E-state index in [0.717, 1.165) is 22.4 Å². The highest BCUT2D eigenvalue weighted by Crippen LogP contribution is 2.45. The summed E-state index contributed by atoms with van der Waals surface area (Å²) in [5.41, 5.74) is 7.58. The van der Waals surface area contributed by atoms with Gasteiger partial charge < -0.3 is 0 Å². The third-order valence-corrected chi connectivity index (χ3v) is 4.31. The Bertz CT molecular complexity index is 1040. The zero-order chi connectivity index (χ0) is 14.0. The molecule has 0 amide bonds. The molecule has 21 heavy (non-hydrogen) atoms. The van der Waals surface area contributed by atoms with Crippen LogP contribution in [0.4, 0.5) is 0 Å². The van der Waals surface area contributed by atoms with E-state index < -0.39 is 0 Å². The number of benzene rings is 3. The lowest BCUT2D eigenvalue weighted by Gasteiger charge is -2.05. The second-order valence-corrected chi connectivity index (χ2v) is 5.57. The van der Waals surface area contributed by atoms with Crippen molar-refractivity contribution in [2.24, 2.45) is 0 Å². The summed E-state index contributed by atoms with van der Waals surface area (Å²) >= 11 is 0. The number of nitrogens with zero attached hydrogens (tertiary/aromatic N) is 2. The maximum Gasteiger partial charge on any atom is 0.0979 e. The molecule has 0 radical (unpaired) electrons. The van der Waals surface area contributed by atoms with Crippen molar-refractivity contribution in [2.75, 3.05) is 0 Å². The van der Waals surface area contributed by atoms with Crippen molar-refractivity contribution in [3.8, 4) is 22.5 Å². The zero-order valence-electron chi connectivity index (χ0n) is 11.6. The van der Waals surface area contributed by atoms with Crippen molar-refractivity contribution in [3.63, 3.8) is 0 Å². The third-order valence-electron chi connectivity index (χ3n) is 4.31. The van der Waals surface area contributed by atoms with Crippen LogP contribution in [0.1, 0.15) is 5.56 Å². The number of hydrogen-bond donors (Lipinski definition) is 0. The van der Waals surface area contributed by atoms with Gasteiger partial charge in [-0.2, -0.15) is 0 Å². The van der Waals surface area contributed by atoms with E-state index in [-0.39, 0.29) is 0 Å². The van der Waals surface area contributed by atoms with Crippen LogP contribution in [-0.4, -0.2) is 9.97 Å². The van der Waals surface area contributed by atoms with E-state index in [0.29, 0.717) is 0 Å². The summed E-state index contributed by atoms with van der Waals surface area (Å²) < 4.78 is 0. The number of para-hydroxylation sites is 1. The van der Waals surface area contributed by atoms with Gasteiger partial charge in [-0.25, -0.2) is 9.97 Å². The summed E-state index contributed by atoms with van der Waals surface area (Å²) in [6, 6.07) is 19.0. The van der Waals surface area contributed by atoms with E-state index in [9.17, 15) is 0 Å². The highest BCUT2D eigenvalue weighted by atomic mass is 14.8. The summed E-state index contributed by atoms with van der Waals surface area (Å²) in [7, 11) is 0. The summed E-state index contributed by atoms with van der Waals surface area (Å²) in [5.74, 6) is 0. The minimum absolute atomic E-state index is 0.971. The van der Waals surface area contributed by atoms with Gasteiger partial charge in [-0.3, -0.25) is 0 Å². The van der Waals surface area contributed by atoms with E-state index >= 15 is 0 Å². The van der Waals surface area contributed by atoms with E-state index in [4.69, 9.17) is 9.97 Å². The van der Waals surface area contributed by atoms with Crippen molar-refractivity contribution < 1.29 is 0 Å². The molecule has 1 aliphatic rings. The SMILES string of the molecule is Cc1cccc2nc3c(nc12)-c1cccc2cccc-3c12. The topological polar surface area (TPSA) is 25.8 Å². The van der Waals surface area contributed by atoms with Gasteiger partial charge in [-0.05, 0) is 23.9 Å². The predicted molar refractivity (Wildman–Crippen MR) is 86.2 cm³/mol. The molecule has 0 unspecified atom stereocenters. The molecule has 0 atom stereocenters. The molecule has 0 saturated heterocycles. The Morgan fingerprint density at radius 1 is 0.714 bits per heavy atom. The Hall–Kier alpha value is -2.74. The molecule has 1 aromatic heterocycles. The smallest absolute Gasteiger partial charge is 0.0979 e. The number of fused-ring (bicyclic) bond motifs is 4. The summed E-state index contributed by atoms with van der Waals surface area (Å²) in [5, 5.41) is 2.54. The standard InChI is InChI=1S/C19H12N2/c1-11-5-2-10-15-17(11)21-19-14-9-4-7-12-6-3-8-13(16(12)14)18(19)20-15/h2-10H,1H3. The van der Waals surface area contributed by atoms with Crippen LogP contribution in [0.5, 0.6) is 0 Å². The lowest BCUT2D eigenvalue weighted by atomic mass is 10.0. The lowest BCUT2D eigenvalue weighted by Crippen LogP contribution is -1.92. The van der Waals surface area contributed by atoms with Crippen molar-refractivity contribution in [1.82, 2.24) is 9.97 Å². The first-order valence-corrected chi connectivity index (χ1v) is 7.13. The van der Waals surface area contributed by atoms with Gasteiger partial charge in [-0.1, -0.05) is 48.5 Å². The molecule has 0 bridgehead atoms. The van der Waals surface area contributed by atoms with Crippen LogP contribution in [0.15, 0.2) is 54.6 Å². The molecular formula is C19H12N2. The monoisotopic (exact) mass is 268 g/mol. The summed E-state index contributed by atoms with van der Waals surface area (Å²) in [6.45, 7) is 2.09. The maximum absolute atomic E-state index is 4.93. The molecule has 2 heteroatoms. The average Bonchev–Trinajstić information content (AvgIpc) is 2.83. The van der Waals surface area contributed by atoms with Crippen LogP contribution in [-0.2, 0) is 0 Å². The van der Waals surface area contributed by atoms with Gasteiger partial charge in [0.05, 0.1) is 22.4 Å². The predicted octanol–water partition coefficient (Wildman–Crippen LogP) is 4.74. The molecule has 0 fully saturated rings. The first-order chi connectivity index (χ1) is 10.3. The fourth-order valence-corrected chi connectivity index (χ4v) is 3.33. The van der Waals surface area contributed by atoms with E-state index in [1.165, 1.54) is 27.5 Å². The molecule has 0 aliphatic heterocycles. The molecule has 2 nitrogen and oxygen atoms in total. The molecular weight excluding hydrogens is 256 g/mol. The first kappa shape index (κ1) is 11.0. The molecule has 5 rings (SSSR count). The normalized spacial score (nSPS) is 12.0. The highest BCUT2D eigenvalue weighted by molar-refractivity contribution is 6.14. The Labute approximate surface area is 122 Å². The minimum Gasteiger partial charge on any atom is -0.244 e. The number of aromatic nitrogens is 2. The van der Waals surface area contributed by atoms with Crippen LogP contribution in [0, 0.1) is 6.92 Å². The van der Waals surface area contributed by atoms with E-state index in [2.05, 4.69) is 49.4 Å². The molecule has 3 aromatic carbocycles. The molecule has 98 valence electrons. The second-order valence-electron chi connectivity index (χ2n) is 5.57. The average molecular weight is 268 g/mol. The maximum atomic E-state index is 4.93. The third kappa shape index (κ3) is 1.32. The lowest BCUT2D eigenvalue weighted by molar-refractivity contribution is 1.29. The van der Waals surface area contributed by atoms with Gasteiger partial charge in [0.15, 0.2) is 0 Å². The van der Waals surface area contributed by atoms with Crippen LogP contribution < -0.4 is 0 Å². The largest absolute Gasteiger partial charge is 0.244 e. The van der Waals surface area contributed by atoms with Crippen LogP contribution in [0.2, 0.25) is 0 Å².